The summed E-state index contributed by atoms with van der Waals surface area (Å²) >= 11 is 0. The van der Waals surface area contributed by atoms with Crippen molar-refractivity contribution in [3.8, 4) is 6.07 Å². The van der Waals surface area contributed by atoms with Crippen LogP contribution in [0.4, 0.5) is 5.69 Å². The van der Waals surface area contributed by atoms with Crippen molar-refractivity contribution in [3.63, 3.8) is 0 Å². The van der Waals surface area contributed by atoms with Crippen molar-refractivity contribution in [1.82, 2.24) is 10.3 Å². The van der Waals surface area contributed by atoms with Crippen molar-refractivity contribution in [2.45, 2.75) is 52.0 Å². The lowest BCUT2D eigenvalue weighted by Gasteiger charge is -2.45. The second-order valence-electron chi connectivity index (χ2n) is 9.78. The number of fused-ring (bicyclic) bond motifs is 2. The summed E-state index contributed by atoms with van der Waals surface area (Å²) < 4.78 is 0. The van der Waals surface area contributed by atoms with E-state index in [0.717, 1.165) is 34.0 Å². The van der Waals surface area contributed by atoms with Crippen LogP contribution >= 0.6 is 0 Å². The summed E-state index contributed by atoms with van der Waals surface area (Å²) in [6.45, 7) is 9.29. The number of aromatic nitrogens is 1. The first kappa shape index (κ1) is 22.7. The van der Waals surface area contributed by atoms with Crippen molar-refractivity contribution >= 4 is 28.6 Å². The van der Waals surface area contributed by atoms with Gasteiger partial charge in [-0.1, -0.05) is 25.1 Å². The van der Waals surface area contributed by atoms with Gasteiger partial charge in [-0.05, 0) is 86.1 Å². The van der Waals surface area contributed by atoms with Crippen LogP contribution in [-0.2, 0) is 11.2 Å². The molecule has 0 spiro atoms. The van der Waals surface area contributed by atoms with Crippen molar-refractivity contribution in [2.24, 2.45) is 0 Å². The molecule has 0 radical (unpaired) electrons. The number of anilines is 1. The zero-order valence-corrected chi connectivity index (χ0v) is 20.1. The van der Waals surface area contributed by atoms with Crippen LogP contribution in [0, 0.1) is 18.3 Å². The monoisotopic (exact) mass is 440 g/mol. The van der Waals surface area contributed by atoms with Crippen LogP contribution in [0.5, 0.6) is 0 Å². The number of aryl methyl sites for hydroxylation is 1. The fourth-order valence-electron chi connectivity index (χ4n) is 4.94. The highest BCUT2D eigenvalue weighted by Crippen LogP contribution is 2.43. The standard InChI is InChI=1S/C28H32N4O/c1-18-12-26-24(19(2)15-28(3,4)32(26)5)14-21(18)13-22(16-29)27(33)30-11-10-20-17-31-25-9-7-6-8-23(20)25/h6-9,12-14,17,19,31H,10-11,15H2,1-5H3,(H,30,33)/b22-13+. The van der Waals surface area contributed by atoms with Crippen LogP contribution in [0.1, 0.15) is 55.4 Å². The number of carbonyl (C=O) groups is 1. The second-order valence-corrected chi connectivity index (χ2v) is 9.78. The zero-order chi connectivity index (χ0) is 23.8. The number of para-hydroxylation sites is 1. The molecule has 4 rings (SSSR count). The molecule has 1 aliphatic heterocycles. The first-order valence-corrected chi connectivity index (χ1v) is 11.5. The van der Waals surface area contributed by atoms with E-state index in [9.17, 15) is 10.1 Å². The quantitative estimate of drug-likeness (QED) is 0.408. The van der Waals surface area contributed by atoms with E-state index in [1.165, 1.54) is 11.3 Å². The van der Waals surface area contributed by atoms with Gasteiger partial charge in [-0.15, -0.1) is 0 Å². The molecule has 2 N–H and O–H groups in total. The largest absolute Gasteiger partial charge is 0.369 e. The van der Waals surface area contributed by atoms with Gasteiger partial charge in [0.15, 0.2) is 0 Å². The average molecular weight is 441 g/mol. The molecular weight excluding hydrogens is 408 g/mol. The molecule has 0 aliphatic carbocycles. The Kier molecular flexibility index (Phi) is 6.03. The van der Waals surface area contributed by atoms with Gasteiger partial charge in [0, 0.05) is 41.9 Å². The van der Waals surface area contributed by atoms with Gasteiger partial charge < -0.3 is 15.2 Å². The maximum Gasteiger partial charge on any atom is 0.261 e. The summed E-state index contributed by atoms with van der Waals surface area (Å²) in [6, 6.07) is 14.5. The summed E-state index contributed by atoms with van der Waals surface area (Å²) in [7, 11) is 2.14. The van der Waals surface area contributed by atoms with E-state index in [0.29, 0.717) is 18.9 Å². The number of nitrogens with one attached hydrogen (secondary N) is 2. The highest BCUT2D eigenvalue weighted by atomic mass is 16.1. The number of nitrogens with zero attached hydrogens (tertiary/aromatic N) is 2. The van der Waals surface area contributed by atoms with Crippen molar-refractivity contribution < 1.29 is 4.79 Å². The minimum absolute atomic E-state index is 0.0959. The smallest absolute Gasteiger partial charge is 0.261 e. The second kappa shape index (κ2) is 8.78. The maximum atomic E-state index is 12.8. The minimum atomic E-state index is -0.333. The number of amides is 1. The lowest BCUT2D eigenvalue weighted by Crippen LogP contribution is -2.45. The fraction of sp³-hybridized carbons (Fsp3) is 0.357. The molecular formula is C28H32N4O. The van der Waals surface area contributed by atoms with E-state index < -0.39 is 0 Å². The molecule has 5 heteroatoms. The Balaban J connectivity index is 1.51. The van der Waals surface area contributed by atoms with Gasteiger partial charge in [0.05, 0.1) is 0 Å². The topological polar surface area (TPSA) is 71.9 Å². The zero-order valence-electron chi connectivity index (χ0n) is 20.1. The van der Waals surface area contributed by atoms with Gasteiger partial charge in [0.1, 0.15) is 11.6 Å². The SMILES string of the molecule is Cc1cc2c(cc1/C=C(\C#N)C(=O)NCCc1c[nH]c3ccccc13)C(C)CC(C)(C)N2C. The van der Waals surface area contributed by atoms with Crippen LogP contribution in [0.15, 0.2) is 48.2 Å². The van der Waals surface area contributed by atoms with Crippen LogP contribution in [0.2, 0.25) is 0 Å². The lowest BCUT2D eigenvalue weighted by molar-refractivity contribution is -0.117. The van der Waals surface area contributed by atoms with Crippen molar-refractivity contribution in [1.29, 1.82) is 5.26 Å². The highest BCUT2D eigenvalue weighted by molar-refractivity contribution is 6.02. The average Bonchev–Trinajstić information content (AvgIpc) is 3.19. The third-order valence-corrected chi connectivity index (χ3v) is 7.04. The Morgan fingerprint density at radius 2 is 2.09 bits per heavy atom. The number of aromatic amines is 1. The number of rotatable bonds is 5. The molecule has 0 saturated heterocycles. The Morgan fingerprint density at radius 1 is 1.33 bits per heavy atom. The molecule has 3 aromatic rings. The Hall–Kier alpha value is -3.52. The summed E-state index contributed by atoms with van der Waals surface area (Å²) in [5.74, 6) is 0.0789. The fourth-order valence-corrected chi connectivity index (χ4v) is 4.94. The van der Waals surface area contributed by atoms with Crippen molar-refractivity contribution in [2.75, 3.05) is 18.5 Å². The Bertz CT molecular complexity index is 1270. The Labute approximate surface area is 196 Å². The van der Waals surface area contributed by atoms with Crippen molar-refractivity contribution in [3.05, 3.63) is 70.4 Å². The van der Waals surface area contributed by atoms with Crippen LogP contribution in [0.3, 0.4) is 0 Å². The number of nitriles is 1. The summed E-state index contributed by atoms with van der Waals surface area (Å²) in [6.07, 6.45) is 5.46. The minimum Gasteiger partial charge on any atom is -0.369 e. The number of hydrogen-bond donors (Lipinski definition) is 2. The molecule has 1 amide bonds. The molecule has 2 aromatic carbocycles. The number of hydrogen-bond acceptors (Lipinski definition) is 3. The normalized spacial score (nSPS) is 17.5. The lowest BCUT2D eigenvalue weighted by atomic mass is 9.79. The van der Waals surface area contributed by atoms with Crippen LogP contribution < -0.4 is 10.2 Å². The predicted molar refractivity (Wildman–Crippen MR) is 135 cm³/mol. The predicted octanol–water partition coefficient (Wildman–Crippen LogP) is 5.46. The van der Waals surface area contributed by atoms with Crippen LogP contribution in [0.25, 0.3) is 17.0 Å². The van der Waals surface area contributed by atoms with E-state index in [1.807, 2.05) is 31.3 Å². The summed E-state index contributed by atoms with van der Waals surface area (Å²) in [4.78, 5) is 18.3. The third-order valence-electron chi connectivity index (χ3n) is 7.04. The first-order chi connectivity index (χ1) is 15.7. The van der Waals surface area contributed by atoms with E-state index in [4.69, 9.17) is 0 Å². The molecule has 1 atom stereocenters. The Morgan fingerprint density at radius 3 is 2.85 bits per heavy atom. The van der Waals surface area contributed by atoms with E-state index >= 15 is 0 Å². The van der Waals surface area contributed by atoms with E-state index in [2.05, 4.69) is 67.3 Å². The van der Waals surface area contributed by atoms with Gasteiger partial charge in [-0.2, -0.15) is 5.26 Å². The van der Waals surface area contributed by atoms with Gasteiger partial charge in [-0.3, -0.25) is 4.79 Å². The summed E-state index contributed by atoms with van der Waals surface area (Å²) in [5, 5.41) is 13.8. The third kappa shape index (κ3) is 4.39. The molecule has 5 nitrogen and oxygen atoms in total. The van der Waals surface area contributed by atoms with Gasteiger partial charge >= 0.3 is 0 Å². The molecule has 1 aliphatic rings. The number of H-pyrrole nitrogens is 1. The molecule has 170 valence electrons. The van der Waals surface area contributed by atoms with E-state index in [-0.39, 0.29) is 17.0 Å². The van der Waals surface area contributed by atoms with Crippen LogP contribution in [-0.4, -0.2) is 30.0 Å². The first-order valence-electron chi connectivity index (χ1n) is 11.5. The van der Waals surface area contributed by atoms with Gasteiger partial charge in [-0.25, -0.2) is 0 Å². The van der Waals surface area contributed by atoms with E-state index in [1.54, 1.807) is 6.08 Å². The molecule has 0 saturated carbocycles. The molecule has 1 unspecified atom stereocenters. The van der Waals surface area contributed by atoms with Gasteiger partial charge in [0.2, 0.25) is 0 Å². The number of benzene rings is 2. The molecule has 0 bridgehead atoms. The van der Waals surface area contributed by atoms with Gasteiger partial charge in [0.25, 0.3) is 5.91 Å². The molecule has 33 heavy (non-hydrogen) atoms. The molecule has 2 heterocycles. The number of carbonyl (C=O) groups excluding carboxylic acids is 1. The molecule has 0 fully saturated rings. The maximum absolute atomic E-state index is 12.8. The molecule has 1 aromatic heterocycles. The summed E-state index contributed by atoms with van der Waals surface area (Å²) in [5.41, 5.74) is 6.96. The highest BCUT2D eigenvalue weighted by Gasteiger charge is 2.34.